The van der Waals surface area contributed by atoms with Crippen LogP contribution in [0.3, 0.4) is 0 Å². The molecule has 14 heavy (non-hydrogen) atoms. The summed E-state index contributed by atoms with van der Waals surface area (Å²) in [5, 5.41) is 0. The summed E-state index contributed by atoms with van der Waals surface area (Å²) in [5.74, 6) is 0. The quantitative estimate of drug-likeness (QED) is 0.698. The number of hydrogen-bond acceptors (Lipinski definition) is 2. The summed E-state index contributed by atoms with van der Waals surface area (Å²) in [7, 11) is -2.42. The van der Waals surface area contributed by atoms with Crippen molar-refractivity contribution in [2.45, 2.75) is 20.0 Å². The summed E-state index contributed by atoms with van der Waals surface area (Å²) in [5.41, 5.74) is 1.09. The first-order valence-electron chi connectivity index (χ1n) is 4.96. The van der Waals surface area contributed by atoms with Crippen molar-refractivity contribution in [3.63, 3.8) is 0 Å². The molecule has 0 amide bonds. The van der Waals surface area contributed by atoms with E-state index >= 15 is 0 Å². The molecule has 1 atom stereocenters. The van der Waals surface area contributed by atoms with Gasteiger partial charge in [-0.05, 0) is 12.5 Å². The van der Waals surface area contributed by atoms with Crippen LogP contribution in [0.4, 0.5) is 0 Å². The van der Waals surface area contributed by atoms with Crippen molar-refractivity contribution in [2.24, 2.45) is 0 Å². The Kier molecular flexibility index (Phi) is 4.37. The molecule has 1 rings (SSSR count). The Hall–Kier alpha value is -0.590. The van der Waals surface area contributed by atoms with E-state index in [2.05, 4.69) is 0 Å². The smallest absolute Gasteiger partial charge is 0.207 e. The van der Waals surface area contributed by atoms with Gasteiger partial charge in [-0.1, -0.05) is 37.3 Å². The van der Waals surface area contributed by atoms with Crippen LogP contribution < -0.4 is 0 Å². The molecule has 0 bridgehead atoms. The maximum atomic E-state index is 12.1. The van der Waals surface area contributed by atoms with Gasteiger partial charge in [-0.15, -0.1) is 0 Å². The highest BCUT2D eigenvalue weighted by molar-refractivity contribution is 7.58. The Labute approximate surface area is 85.7 Å². The molecule has 0 aliphatic carbocycles. The van der Waals surface area contributed by atoms with Crippen molar-refractivity contribution in [3.05, 3.63) is 35.9 Å². The van der Waals surface area contributed by atoms with E-state index in [1.807, 2.05) is 44.2 Å². The summed E-state index contributed by atoms with van der Waals surface area (Å²) in [6.07, 6.45) is 1.16. The molecule has 0 aliphatic heterocycles. The van der Waals surface area contributed by atoms with E-state index < -0.39 is 7.37 Å². The van der Waals surface area contributed by atoms with Crippen LogP contribution in [-0.2, 0) is 15.3 Å². The minimum atomic E-state index is -2.42. The second-order valence-electron chi connectivity index (χ2n) is 3.19. The fourth-order valence-electron chi connectivity index (χ4n) is 1.35. The van der Waals surface area contributed by atoms with E-state index in [1.54, 1.807) is 0 Å². The molecule has 1 unspecified atom stereocenters. The summed E-state index contributed by atoms with van der Waals surface area (Å²) in [6, 6.07) is 9.85. The fourth-order valence-corrected chi connectivity index (χ4v) is 3.08. The third-order valence-electron chi connectivity index (χ3n) is 2.11. The van der Waals surface area contributed by atoms with E-state index in [-0.39, 0.29) is 0 Å². The Morgan fingerprint density at radius 1 is 1.21 bits per heavy atom. The SMILES string of the molecule is CCOP(=O)(CC)Cc1ccccc1. The van der Waals surface area contributed by atoms with E-state index in [1.165, 1.54) is 0 Å². The Bertz CT molecular complexity index is 308. The second-order valence-corrected chi connectivity index (χ2v) is 6.03. The number of rotatable bonds is 5. The highest BCUT2D eigenvalue weighted by Crippen LogP contribution is 2.49. The average molecular weight is 212 g/mol. The zero-order valence-electron chi connectivity index (χ0n) is 8.77. The fraction of sp³-hybridized carbons (Fsp3) is 0.455. The molecule has 0 heterocycles. The summed E-state index contributed by atoms with van der Waals surface area (Å²) in [4.78, 5) is 0. The largest absolute Gasteiger partial charge is 0.329 e. The van der Waals surface area contributed by atoms with Crippen molar-refractivity contribution in [3.8, 4) is 0 Å². The zero-order valence-corrected chi connectivity index (χ0v) is 9.67. The van der Waals surface area contributed by atoms with Gasteiger partial charge in [-0.25, -0.2) is 0 Å². The zero-order chi connectivity index (χ0) is 10.4. The topological polar surface area (TPSA) is 26.3 Å². The first kappa shape index (κ1) is 11.5. The lowest BCUT2D eigenvalue weighted by atomic mass is 10.2. The normalized spacial score (nSPS) is 15.0. The molecular formula is C11H17O2P. The number of benzene rings is 1. The van der Waals surface area contributed by atoms with Gasteiger partial charge in [0.25, 0.3) is 0 Å². The Morgan fingerprint density at radius 2 is 1.86 bits per heavy atom. The maximum absolute atomic E-state index is 12.1. The highest BCUT2D eigenvalue weighted by atomic mass is 31.2. The molecule has 3 heteroatoms. The number of hydrogen-bond donors (Lipinski definition) is 0. The van der Waals surface area contributed by atoms with Crippen LogP contribution in [0.1, 0.15) is 19.4 Å². The summed E-state index contributed by atoms with van der Waals surface area (Å²) in [6.45, 7) is 4.32. The molecule has 1 aromatic rings. The van der Waals surface area contributed by atoms with Crippen LogP contribution in [0.5, 0.6) is 0 Å². The molecule has 2 nitrogen and oxygen atoms in total. The van der Waals surface area contributed by atoms with E-state index in [9.17, 15) is 4.57 Å². The van der Waals surface area contributed by atoms with E-state index in [4.69, 9.17) is 4.52 Å². The minimum Gasteiger partial charge on any atom is -0.329 e. The molecule has 0 aromatic heterocycles. The van der Waals surface area contributed by atoms with E-state index in [0.29, 0.717) is 18.9 Å². The Balaban J connectivity index is 2.71. The molecule has 0 N–H and O–H groups in total. The van der Waals surface area contributed by atoms with Crippen molar-refractivity contribution >= 4 is 7.37 Å². The molecule has 0 fully saturated rings. The van der Waals surface area contributed by atoms with Crippen LogP contribution in [0.2, 0.25) is 0 Å². The van der Waals surface area contributed by atoms with Gasteiger partial charge >= 0.3 is 0 Å². The van der Waals surface area contributed by atoms with Crippen molar-refractivity contribution < 1.29 is 9.09 Å². The Morgan fingerprint density at radius 3 is 2.36 bits per heavy atom. The first-order chi connectivity index (χ1) is 6.70. The lowest BCUT2D eigenvalue weighted by Gasteiger charge is -2.15. The average Bonchev–Trinajstić information content (AvgIpc) is 2.20. The van der Waals surface area contributed by atoms with Gasteiger partial charge in [0, 0.05) is 12.3 Å². The highest BCUT2D eigenvalue weighted by Gasteiger charge is 2.19. The summed E-state index contributed by atoms with van der Waals surface area (Å²) < 4.78 is 17.5. The molecule has 1 aromatic carbocycles. The van der Waals surface area contributed by atoms with Crippen molar-refractivity contribution in [1.29, 1.82) is 0 Å². The van der Waals surface area contributed by atoms with Crippen LogP contribution in [0.25, 0.3) is 0 Å². The standard InChI is InChI=1S/C11H17O2P/c1-3-13-14(12,4-2)10-11-8-6-5-7-9-11/h5-9H,3-4,10H2,1-2H3. The molecule has 0 saturated heterocycles. The minimum absolute atomic E-state index is 0.526. The van der Waals surface area contributed by atoms with E-state index in [0.717, 1.165) is 5.56 Å². The maximum Gasteiger partial charge on any atom is 0.207 e. The molecule has 0 spiro atoms. The summed E-state index contributed by atoms with van der Waals surface area (Å²) >= 11 is 0. The van der Waals surface area contributed by atoms with Crippen LogP contribution in [0, 0.1) is 0 Å². The third-order valence-corrected chi connectivity index (χ3v) is 4.65. The van der Waals surface area contributed by atoms with Gasteiger partial charge in [0.1, 0.15) is 0 Å². The monoisotopic (exact) mass is 212 g/mol. The molecule has 78 valence electrons. The lowest BCUT2D eigenvalue weighted by molar-refractivity contribution is 0.333. The van der Waals surface area contributed by atoms with Crippen molar-refractivity contribution in [2.75, 3.05) is 12.8 Å². The third kappa shape index (κ3) is 3.28. The van der Waals surface area contributed by atoms with Gasteiger partial charge in [-0.2, -0.15) is 0 Å². The first-order valence-corrected chi connectivity index (χ1v) is 6.96. The van der Waals surface area contributed by atoms with Gasteiger partial charge < -0.3 is 4.52 Å². The second kappa shape index (κ2) is 5.33. The molecule has 0 saturated carbocycles. The van der Waals surface area contributed by atoms with Gasteiger partial charge in [0.05, 0.1) is 6.61 Å². The lowest BCUT2D eigenvalue weighted by Crippen LogP contribution is -1.96. The van der Waals surface area contributed by atoms with Gasteiger partial charge in [-0.3, -0.25) is 4.57 Å². The van der Waals surface area contributed by atoms with Crippen LogP contribution >= 0.6 is 7.37 Å². The van der Waals surface area contributed by atoms with Crippen LogP contribution in [-0.4, -0.2) is 12.8 Å². The molecular weight excluding hydrogens is 195 g/mol. The van der Waals surface area contributed by atoms with Gasteiger partial charge in [0.15, 0.2) is 0 Å². The predicted molar refractivity (Wildman–Crippen MR) is 59.9 cm³/mol. The van der Waals surface area contributed by atoms with Crippen molar-refractivity contribution in [1.82, 2.24) is 0 Å². The molecule has 0 radical (unpaired) electrons. The molecule has 0 aliphatic rings. The van der Waals surface area contributed by atoms with Gasteiger partial charge in [0.2, 0.25) is 7.37 Å². The predicted octanol–water partition coefficient (Wildman–Crippen LogP) is 3.52. The van der Waals surface area contributed by atoms with Crippen LogP contribution in [0.15, 0.2) is 30.3 Å².